The molecule has 1 aromatic carbocycles. The van der Waals surface area contributed by atoms with Crippen molar-refractivity contribution in [3.8, 4) is 0 Å². The molecule has 9 heteroatoms. The molecule has 0 fully saturated rings. The highest BCUT2D eigenvalue weighted by Gasteiger charge is 2.32. The maximum atomic E-state index is 12.2. The summed E-state index contributed by atoms with van der Waals surface area (Å²) in [5, 5.41) is 19.0. The molecule has 0 saturated heterocycles. The van der Waals surface area contributed by atoms with Crippen molar-refractivity contribution in [2.75, 3.05) is 0 Å². The molecule has 4 rings (SSSR count). The average molecular weight is 341 g/mol. The van der Waals surface area contributed by atoms with Crippen LogP contribution in [0.4, 0.5) is 0 Å². The Labute approximate surface area is 139 Å². The third-order valence-corrected chi connectivity index (χ3v) is 4.67. The van der Waals surface area contributed by atoms with E-state index in [9.17, 15) is 14.7 Å². The van der Waals surface area contributed by atoms with Gasteiger partial charge in [0.15, 0.2) is 6.04 Å². The summed E-state index contributed by atoms with van der Waals surface area (Å²) in [7, 11) is 0. The summed E-state index contributed by atoms with van der Waals surface area (Å²) in [4.78, 5) is 28.2. The topological polar surface area (TPSA) is 100 Å². The second kappa shape index (κ2) is 5.53. The van der Waals surface area contributed by atoms with E-state index >= 15 is 0 Å². The SMILES string of the molecule is O=C(O)C1CC(c2ccccc2)=NN1/C=c1\sc2ncnn2c1=O. The van der Waals surface area contributed by atoms with Gasteiger partial charge in [0.1, 0.15) is 10.9 Å². The van der Waals surface area contributed by atoms with Gasteiger partial charge in [0.05, 0.1) is 5.71 Å². The smallest absolute Gasteiger partial charge is 0.328 e. The maximum absolute atomic E-state index is 12.2. The van der Waals surface area contributed by atoms with Crippen molar-refractivity contribution in [3.63, 3.8) is 0 Å². The highest BCUT2D eigenvalue weighted by Crippen LogP contribution is 2.20. The Morgan fingerprint density at radius 1 is 1.33 bits per heavy atom. The third kappa shape index (κ3) is 2.35. The summed E-state index contributed by atoms with van der Waals surface area (Å²) < 4.78 is 1.53. The third-order valence-electron chi connectivity index (χ3n) is 3.70. The van der Waals surface area contributed by atoms with Gasteiger partial charge in [0, 0.05) is 12.6 Å². The number of hydrogen-bond donors (Lipinski definition) is 1. The van der Waals surface area contributed by atoms with Gasteiger partial charge < -0.3 is 5.11 Å². The van der Waals surface area contributed by atoms with Gasteiger partial charge in [-0.2, -0.15) is 14.7 Å². The molecule has 1 atom stereocenters. The molecule has 1 unspecified atom stereocenters. The Morgan fingerprint density at radius 3 is 2.83 bits per heavy atom. The van der Waals surface area contributed by atoms with Gasteiger partial charge in [0.2, 0.25) is 4.96 Å². The van der Waals surface area contributed by atoms with Gasteiger partial charge in [-0.25, -0.2) is 9.78 Å². The lowest BCUT2D eigenvalue weighted by molar-refractivity contribution is -0.141. The number of carbonyl (C=O) groups is 1. The van der Waals surface area contributed by atoms with Crippen LogP contribution in [0.25, 0.3) is 11.2 Å². The van der Waals surface area contributed by atoms with Crippen LogP contribution in [0.2, 0.25) is 0 Å². The number of rotatable bonds is 3. The largest absolute Gasteiger partial charge is 0.480 e. The van der Waals surface area contributed by atoms with Crippen molar-refractivity contribution in [3.05, 3.63) is 57.1 Å². The van der Waals surface area contributed by atoms with Crippen LogP contribution < -0.4 is 10.1 Å². The Kier molecular flexibility index (Phi) is 3.35. The first-order valence-electron chi connectivity index (χ1n) is 7.12. The Balaban J connectivity index is 1.79. The van der Waals surface area contributed by atoms with E-state index in [0.717, 1.165) is 16.9 Å². The van der Waals surface area contributed by atoms with Gasteiger partial charge in [-0.05, 0) is 5.56 Å². The maximum Gasteiger partial charge on any atom is 0.328 e. The molecule has 120 valence electrons. The molecule has 0 radical (unpaired) electrons. The zero-order chi connectivity index (χ0) is 16.7. The van der Waals surface area contributed by atoms with Gasteiger partial charge in [-0.1, -0.05) is 41.7 Å². The molecule has 1 aliphatic rings. The zero-order valence-electron chi connectivity index (χ0n) is 12.2. The molecule has 3 aromatic rings. The number of carboxylic acids is 1. The first-order chi connectivity index (χ1) is 11.6. The molecular formula is C15H11N5O3S. The molecule has 2 aromatic heterocycles. The minimum absolute atomic E-state index is 0.269. The van der Waals surface area contributed by atoms with Gasteiger partial charge >= 0.3 is 5.97 Å². The number of nitrogens with zero attached hydrogens (tertiary/aromatic N) is 5. The number of aromatic nitrogens is 3. The summed E-state index contributed by atoms with van der Waals surface area (Å²) in [6, 6.07) is 8.54. The van der Waals surface area contributed by atoms with Crippen LogP contribution in [0, 0.1) is 0 Å². The van der Waals surface area contributed by atoms with Crippen LogP contribution in [0.5, 0.6) is 0 Å². The number of benzene rings is 1. The summed E-state index contributed by atoms with van der Waals surface area (Å²) in [6.07, 6.45) is 3.03. The molecule has 0 amide bonds. The lowest BCUT2D eigenvalue weighted by Crippen LogP contribution is -2.34. The molecule has 0 saturated carbocycles. The molecule has 0 spiro atoms. The van der Waals surface area contributed by atoms with Crippen molar-refractivity contribution in [1.82, 2.24) is 19.6 Å². The number of aliphatic carboxylic acids is 1. The van der Waals surface area contributed by atoms with Gasteiger partial charge in [0.25, 0.3) is 5.56 Å². The second-order valence-electron chi connectivity index (χ2n) is 5.21. The average Bonchev–Trinajstić information content (AvgIpc) is 3.27. The minimum atomic E-state index is -0.993. The summed E-state index contributed by atoms with van der Waals surface area (Å²) in [6.45, 7) is 0. The van der Waals surface area contributed by atoms with Crippen LogP contribution in [0.15, 0.2) is 46.6 Å². The molecule has 0 bridgehead atoms. The molecule has 0 aliphatic carbocycles. The van der Waals surface area contributed by atoms with E-state index in [0.29, 0.717) is 15.2 Å². The fourth-order valence-electron chi connectivity index (χ4n) is 2.54. The van der Waals surface area contributed by atoms with Crippen molar-refractivity contribution < 1.29 is 9.90 Å². The van der Waals surface area contributed by atoms with Crippen LogP contribution >= 0.6 is 11.3 Å². The van der Waals surface area contributed by atoms with Crippen molar-refractivity contribution in [1.29, 1.82) is 0 Å². The van der Waals surface area contributed by atoms with E-state index < -0.39 is 12.0 Å². The van der Waals surface area contributed by atoms with E-state index in [-0.39, 0.29) is 12.0 Å². The highest BCUT2D eigenvalue weighted by molar-refractivity contribution is 7.14. The van der Waals surface area contributed by atoms with E-state index in [4.69, 9.17) is 0 Å². The van der Waals surface area contributed by atoms with Crippen LogP contribution in [-0.4, -0.2) is 42.4 Å². The van der Waals surface area contributed by atoms with Gasteiger partial charge in [-0.15, -0.1) is 0 Å². The van der Waals surface area contributed by atoms with E-state index in [1.807, 2.05) is 30.3 Å². The number of hydrazone groups is 1. The lowest BCUT2D eigenvalue weighted by atomic mass is 10.0. The predicted molar refractivity (Wildman–Crippen MR) is 87.7 cm³/mol. The quantitative estimate of drug-likeness (QED) is 0.729. The molecule has 8 nitrogen and oxygen atoms in total. The van der Waals surface area contributed by atoms with E-state index in [1.165, 1.54) is 22.1 Å². The summed E-state index contributed by atoms with van der Waals surface area (Å²) in [5.74, 6) is -0.993. The van der Waals surface area contributed by atoms with Crippen molar-refractivity contribution in [2.24, 2.45) is 5.10 Å². The molecule has 1 aliphatic heterocycles. The van der Waals surface area contributed by atoms with Gasteiger partial charge in [-0.3, -0.25) is 9.80 Å². The summed E-state index contributed by atoms with van der Waals surface area (Å²) in [5.41, 5.74) is 1.20. The zero-order valence-corrected chi connectivity index (χ0v) is 13.1. The van der Waals surface area contributed by atoms with Crippen molar-refractivity contribution in [2.45, 2.75) is 12.5 Å². The Bertz CT molecular complexity index is 1060. The first-order valence-corrected chi connectivity index (χ1v) is 7.93. The predicted octanol–water partition coefficient (Wildman–Crippen LogP) is 0.171. The lowest BCUT2D eigenvalue weighted by Gasteiger charge is -2.14. The van der Waals surface area contributed by atoms with E-state index in [2.05, 4.69) is 15.2 Å². The second-order valence-corrected chi connectivity index (χ2v) is 6.21. The fraction of sp³-hybridized carbons (Fsp3) is 0.133. The summed E-state index contributed by atoms with van der Waals surface area (Å²) >= 11 is 1.15. The first kappa shape index (κ1) is 14.5. The molecular weight excluding hydrogens is 330 g/mol. The number of thiazole rings is 1. The normalized spacial score (nSPS) is 18.3. The van der Waals surface area contributed by atoms with Crippen LogP contribution in [0.1, 0.15) is 12.0 Å². The monoisotopic (exact) mass is 341 g/mol. The Morgan fingerprint density at radius 2 is 2.12 bits per heavy atom. The number of hydrogen-bond acceptors (Lipinski definition) is 7. The number of carboxylic acid groups (broad SMARTS) is 1. The fourth-order valence-corrected chi connectivity index (χ4v) is 3.39. The Hall–Kier alpha value is -3.07. The standard InChI is InChI=1S/C15H11N5O3S/c21-13-12(24-15-16-8-17-20(13)15)7-19-11(14(22)23)6-10(18-19)9-4-2-1-3-5-9/h1-5,7-8,11H,6H2,(H,22,23)/b12-7-. The van der Waals surface area contributed by atoms with Crippen molar-refractivity contribution >= 4 is 34.2 Å². The number of fused-ring (bicyclic) bond motifs is 1. The molecule has 24 heavy (non-hydrogen) atoms. The highest BCUT2D eigenvalue weighted by atomic mass is 32.1. The minimum Gasteiger partial charge on any atom is -0.480 e. The van der Waals surface area contributed by atoms with Crippen LogP contribution in [0.3, 0.4) is 0 Å². The van der Waals surface area contributed by atoms with Crippen LogP contribution in [-0.2, 0) is 4.79 Å². The molecule has 3 heterocycles. The van der Waals surface area contributed by atoms with E-state index in [1.54, 1.807) is 0 Å². The molecule has 1 N–H and O–H groups in total.